The third-order valence-electron chi connectivity index (χ3n) is 2.95. The summed E-state index contributed by atoms with van der Waals surface area (Å²) in [6.45, 7) is 1.74. The van der Waals surface area contributed by atoms with Crippen molar-refractivity contribution in [3.8, 4) is 10.6 Å². The second kappa shape index (κ2) is 6.58. The molecule has 1 atom stereocenters. The van der Waals surface area contributed by atoms with E-state index < -0.39 is 0 Å². The number of hydrogen-bond acceptors (Lipinski definition) is 5. The van der Waals surface area contributed by atoms with Gasteiger partial charge in [-0.2, -0.15) is 0 Å². The minimum absolute atomic E-state index is 0. The average molecular weight is 334 g/mol. The summed E-state index contributed by atoms with van der Waals surface area (Å²) >= 11 is 7.25. The number of nitrogens with one attached hydrogen (secondary N) is 2. The number of hydrogen-bond donors (Lipinski definition) is 2. The molecule has 1 saturated heterocycles. The lowest BCUT2D eigenvalue weighted by atomic mass is 10.2. The Kier molecular flexibility index (Phi) is 5.04. The predicted molar refractivity (Wildman–Crippen MR) is 80.8 cm³/mol. The second-order valence-electron chi connectivity index (χ2n) is 4.34. The number of aromatic nitrogens is 1. The molecule has 3 heterocycles. The van der Waals surface area contributed by atoms with E-state index in [9.17, 15) is 4.79 Å². The molecule has 1 amide bonds. The first kappa shape index (κ1) is 15.3. The second-order valence-corrected chi connectivity index (χ2v) is 6.06. The Hall–Kier alpha value is -1.08. The predicted octanol–water partition coefficient (Wildman–Crippen LogP) is 2.57. The fourth-order valence-corrected chi connectivity index (χ4v) is 2.97. The highest BCUT2D eigenvalue weighted by atomic mass is 35.5. The average Bonchev–Trinajstić information content (AvgIpc) is 3.07. The molecule has 1 fully saturated rings. The van der Waals surface area contributed by atoms with Gasteiger partial charge in [-0.1, -0.05) is 16.8 Å². The molecule has 2 aromatic heterocycles. The van der Waals surface area contributed by atoms with Gasteiger partial charge < -0.3 is 15.2 Å². The molecule has 2 N–H and O–H groups in total. The van der Waals surface area contributed by atoms with Crippen LogP contribution in [0.15, 0.2) is 22.7 Å². The summed E-state index contributed by atoms with van der Waals surface area (Å²) in [6.07, 6.45) is 0.941. The molecule has 1 aliphatic heterocycles. The van der Waals surface area contributed by atoms with E-state index in [2.05, 4.69) is 15.8 Å². The van der Waals surface area contributed by atoms with E-state index in [4.69, 9.17) is 16.1 Å². The summed E-state index contributed by atoms with van der Waals surface area (Å²) in [5.74, 6) is 0.359. The highest BCUT2D eigenvalue weighted by molar-refractivity contribution is 7.19. The van der Waals surface area contributed by atoms with Crippen LogP contribution < -0.4 is 10.6 Å². The van der Waals surface area contributed by atoms with Gasteiger partial charge in [-0.25, -0.2) is 0 Å². The Labute approximate surface area is 131 Å². The number of thiophene rings is 1. The zero-order chi connectivity index (χ0) is 13.2. The van der Waals surface area contributed by atoms with Crippen molar-refractivity contribution in [1.82, 2.24) is 15.8 Å². The highest BCUT2D eigenvalue weighted by Gasteiger charge is 2.20. The van der Waals surface area contributed by atoms with E-state index in [1.807, 2.05) is 6.07 Å². The summed E-state index contributed by atoms with van der Waals surface area (Å²) in [5, 5.41) is 9.91. The maximum absolute atomic E-state index is 12.0. The first-order valence-corrected chi connectivity index (χ1v) is 7.16. The van der Waals surface area contributed by atoms with Gasteiger partial charge in [0.25, 0.3) is 5.91 Å². The van der Waals surface area contributed by atoms with Gasteiger partial charge >= 0.3 is 0 Å². The van der Waals surface area contributed by atoms with Gasteiger partial charge in [0, 0.05) is 18.7 Å². The lowest BCUT2D eigenvalue weighted by Crippen LogP contribution is -2.36. The fourth-order valence-electron chi connectivity index (χ4n) is 1.98. The Morgan fingerprint density at radius 2 is 2.40 bits per heavy atom. The maximum atomic E-state index is 12.0. The molecule has 1 aliphatic rings. The van der Waals surface area contributed by atoms with Gasteiger partial charge in [-0.3, -0.25) is 4.79 Å². The number of amides is 1. The van der Waals surface area contributed by atoms with E-state index in [0.717, 1.165) is 24.4 Å². The van der Waals surface area contributed by atoms with Crippen molar-refractivity contribution in [2.75, 3.05) is 13.1 Å². The zero-order valence-corrected chi connectivity index (χ0v) is 12.8. The van der Waals surface area contributed by atoms with Crippen LogP contribution in [0.4, 0.5) is 0 Å². The molecule has 108 valence electrons. The first-order chi connectivity index (χ1) is 9.22. The van der Waals surface area contributed by atoms with E-state index >= 15 is 0 Å². The number of halogens is 2. The SMILES string of the molecule is Cl.O=C(NC1CCNC1)c1cc(-c2ccc(Cl)s2)on1. The standard InChI is InChI=1S/C12H12ClN3O2S.ClH/c13-11-2-1-10(19-11)9-5-8(16-18-9)12(17)15-7-3-4-14-6-7;/h1-2,5,7,14H,3-4,6H2,(H,15,17);1H. The van der Waals surface area contributed by atoms with Crippen LogP contribution in [0.25, 0.3) is 10.6 Å². The smallest absolute Gasteiger partial charge is 0.273 e. The van der Waals surface area contributed by atoms with Crippen LogP contribution in [0.2, 0.25) is 4.34 Å². The van der Waals surface area contributed by atoms with Crippen molar-refractivity contribution >= 4 is 41.3 Å². The molecule has 0 radical (unpaired) electrons. The van der Waals surface area contributed by atoms with Crippen molar-refractivity contribution in [2.24, 2.45) is 0 Å². The number of carbonyl (C=O) groups is 1. The quantitative estimate of drug-likeness (QED) is 0.905. The Bertz CT molecular complexity index is 593. The normalized spacial score (nSPS) is 17.8. The molecule has 2 aromatic rings. The lowest BCUT2D eigenvalue weighted by Gasteiger charge is -2.08. The van der Waals surface area contributed by atoms with Crippen molar-refractivity contribution in [1.29, 1.82) is 0 Å². The summed E-state index contributed by atoms with van der Waals surface area (Å²) in [4.78, 5) is 12.8. The molecule has 5 nitrogen and oxygen atoms in total. The summed E-state index contributed by atoms with van der Waals surface area (Å²) < 4.78 is 5.85. The number of carbonyl (C=O) groups excluding carboxylic acids is 1. The Balaban J connectivity index is 0.00000147. The van der Waals surface area contributed by atoms with Crippen LogP contribution in [0.1, 0.15) is 16.9 Å². The Morgan fingerprint density at radius 1 is 1.55 bits per heavy atom. The molecule has 0 bridgehead atoms. The minimum atomic E-state index is -0.202. The van der Waals surface area contributed by atoms with E-state index in [0.29, 0.717) is 15.8 Å². The molecule has 1 unspecified atom stereocenters. The molecular formula is C12H13Cl2N3O2S. The van der Waals surface area contributed by atoms with Crippen LogP contribution in [-0.4, -0.2) is 30.2 Å². The third-order valence-corrected chi connectivity index (χ3v) is 4.20. The van der Waals surface area contributed by atoms with Gasteiger partial charge in [0.15, 0.2) is 11.5 Å². The monoisotopic (exact) mass is 333 g/mol. The van der Waals surface area contributed by atoms with Crippen molar-refractivity contribution in [2.45, 2.75) is 12.5 Å². The lowest BCUT2D eigenvalue weighted by molar-refractivity contribution is 0.0931. The zero-order valence-electron chi connectivity index (χ0n) is 10.4. The van der Waals surface area contributed by atoms with E-state index in [1.165, 1.54) is 11.3 Å². The molecule has 0 saturated carbocycles. The van der Waals surface area contributed by atoms with Crippen molar-refractivity contribution in [3.05, 3.63) is 28.2 Å². The van der Waals surface area contributed by atoms with Gasteiger partial charge in [-0.15, -0.1) is 23.7 Å². The number of nitrogens with zero attached hydrogens (tertiary/aromatic N) is 1. The molecule has 0 aliphatic carbocycles. The summed E-state index contributed by atoms with van der Waals surface area (Å²) in [6, 6.07) is 5.44. The van der Waals surface area contributed by atoms with Gasteiger partial charge in [0.2, 0.25) is 0 Å². The molecule has 3 rings (SSSR count). The van der Waals surface area contributed by atoms with Crippen LogP contribution >= 0.6 is 35.3 Å². The van der Waals surface area contributed by atoms with E-state index in [-0.39, 0.29) is 24.4 Å². The molecule has 20 heavy (non-hydrogen) atoms. The van der Waals surface area contributed by atoms with Crippen molar-refractivity contribution < 1.29 is 9.32 Å². The Morgan fingerprint density at radius 3 is 3.05 bits per heavy atom. The van der Waals surface area contributed by atoms with Crippen LogP contribution in [-0.2, 0) is 0 Å². The molecular weight excluding hydrogens is 321 g/mol. The number of rotatable bonds is 3. The summed E-state index contributed by atoms with van der Waals surface area (Å²) in [7, 11) is 0. The van der Waals surface area contributed by atoms with E-state index in [1.54, 1.807) is 12.1 Å². The van der Waals surface area contributed by atoms with Gasteiger partial charge in [0.1, 0.15) is 0 Å². The molecule has 8 heteroatoms. The van der Waals surface area contributed by atoms with Crippen LogP contribution in [0.5, 0.6) is 0 Å². The first-order valence-electron chi connectivity index (χ1n) is 5.96. The third kappa shape index (κ3) is 3.32. The minimum Gasteiger partial charge on any atom is -0.355 e. The van der Waals surface area contributed by atoms with Gasteiger partial charge in [-0.05, 0) is 25.1 Å². The maximum Gasteiger partial charge on any atom is 0.273 e. The van der Waals surface area contributed by atoms with Gasteiger partial charge in [0.05, 0.1) is 9.21 Å². The van der Waals surface area contributed by atoms with Crippen LogP contribution in [0, 0.1) is 0 Å². The largest absolute Gasteiger partial charge is 0.355 e. The topological polar surface area (TPSA) is 67.2 Å². The van der Waals surface area contributed by atoms with Crippen LogP contribution in [0.3, 0.4) is 0 Å². The summed E-state index contributed by atoms with van der Waals surface area (Å²) in [5.41, 5.74) is 0.298. The highest BCUT2D eigenvalue weighted by Crippen LogP contribution is 2.31. The molecule has 0 spiro atoms. The fraction of sp³-hybridized carbons (Fsp3) is 0.333. The molecule has 0 aromatic carbocycles. The van der Waals surface area contributed by atoms with Crippen molar-refractivity contribution in [3.63, 3.8) is 0 Å².